The highest BCUT2D eigenvalue weighted by molar-refractivity contribution is 7.80. The number of benzene rings is 1. The molecular formula is C8H7ClN4O2S. The Kier molecular flexibility index (Phi) is 4.15. The molecule has 0 aliphatic rings. The Labute approximate surface area is 101 Å². The lowest BCUT2D eigenvalue weighted by Crippen LogP contribution is -2.24. The minimum absolute atomic E-state index is 0.0269. The summed E-state index contributed by atoms with van der Waals surface area (Å²) >= 11 is 10.2. The van der Waals surface area contributed by atoms with Gasteiger partial charge in [0.2, 0.25) is 0 Å². The van der Waals surface area contributed by atoms with Crippen LogP contribution in [-0.2, 0) is 0 Å². The minimum Gasteiger partial charge on any atom is -0.375 e. The Morgan fingerprint density at radius 1 is 1.69 bits per heavy atom. The highest BCUT2D eigenvalue weighted by Crippen LogP contribution is 2.20. The fourth-order valence-corrected chi connectivity index (χ4v) is 1.19. The van der Waals surface area contributed by atoms with Crippen molar-refractivity contribution in [3.63, 3.8) is 0 Å². The molecular weight excluding hydrogens is 252 g/mol. The third kappa shape index (κ3) is 3.44. The van der Waals surface area contributed by atoms with Crippen molar-refractivity contribution in [2.24, 2.45) is 10.8 Å². The average molecular weight is 259 g/mol. The number of halogens is 1. The first kappa shape index (κ1) is 12.3. The quantitative estimate of drug-likeness (QED) is 0.370. The van der Waals surface area contributed by atoms with E-state index in [1.165, 1.54) is 24.4 Å². The lowest BCUT2D eigenvalue weighted by Gasteiger charge is -1.98. The zero-order chi connectivity index (χ0) is 12.1. The molecule has 0 aliphatic carbocycles. The highest BCUT2D eigenvalue weighted by Gasteiger charge is 2.11. The normalized spacial score (nSPS) is 10.3. The fraction of sp³-hybridized carbons (Fsp3) is 0. The van der Waals surface area contributed by atoms with E-state index in [4.69, 9.17) is 17.3 Å². The van der Waals surface area contributed by atoms with Gasteiger partial charge in [-0.3, -0.25) is 15.5 Å². The lowest BCUT2D eigenvalue weighted by atomic mass is 10.2. The van der Waals surface area contributed by atoms with E-state index in [-0.39, 0.29) is 16.4 Å². The van der Waals surface area contributed by atoms with Crippen molar-refractivity contribution < 1.29 is 4.92 Å². The van der Waals surface area contributed by atoms with Gasteiger partial charge in [0.05, 0.1) is 16.7 Å². The van der Waals surface area contributed by atoms with Crippen molar-refractivity contribution >= 4 is 40.8 Å². The number of nitro benzene ring substituents is 1. The van der Waals surface area contributed by atoms with Crippen molar-refractivity contribution in [3.05, 3.63) is 38.9 Å². The predicted octanol–water partition coefficient (Wildman–Crippen LogP) is 1.42. The van der Waals surface area contributed by atoms with Crippen LogP contribution in [0.15, 0.2) is 23.3 Å². The summed E-state index contributed by atoms with van der Waals surface area (Å²) in [5, 5.41) is 14.6. The third-order valence-electron chi connectivity index (χ3n) is 1.56. The number of hydrogen-bond acceptors (Lipinski definition) is 4. The van der Waals surface area contributed by atoms with E-state index in [9.17, 15) is 10.1 Å². The summed E-state index contributed by atoms with van der Waals surface area (Å²) in [6.45, 7) is 0. The summed E-state index contributed by atoms with van der Waals surface area (Å²) in [7, 11) is 0. The molecule has 0 heterocycles. The van der Waals surface area contributed by atoms with E-state index in [1.54, 1.807) is 0 Å². The molecule has 84 valence electrons. The van der Waals surface area contributed by atoms with Crippen LogP contribution in [0.4, 0.5) is 5.69 Å². The molecule has 0 radical (unpaired) electrons. The molecule has 0 saturated heterocycles. The second kappa shape index (κ2) is 5.38. The molecule has 0 aliphatic heterocycles. The summed E-state index contributed by atoms with van der Waals surface area (Å²) in [5.41, 5.74) is 7.59. The zero-order valence-electron chi connectivity index (χ0n) is 7.88. The monoisotopic (exact) mass is 258 g/mol. The Morgan fingerprint density at radius 2 is 2.38 bits per heavy atom. The summed E-state index contributed by atoms with van der Waals surface area (Å²) < 4.78 is 0. The van der Waals surface area contributed by atoms with Crippen molar-refractivity contribution in [1.29, 1.82) is 0 Å². The molecule has 1 aromatic carbocycles. The van der Waals surface area contributed by atoms with E-state index < -0.39 is 4.92 Å². The van der Waals surface area contributed by atoms with Crippen LogP contribution in [0.25, 0.3) is 0 Å². The first-order valence-corrected chi connectivity index (χ1v) is 4.82. The highest BCUT2D eigenvalue weighted by atomic mass is 35.5. The summed E-state index contributed by atoms with van der Waals surface area (Å²) in [4.78, 5) is 10.1. The maximum Gasteiger partial charge on any atom is 0.278 e. The Hall–Kier alpha value is -1.73. The van der Waals surface area contributed by atoms with Gasteiger partial charge in [-0.1, -0.05) is 11.6 Å². The van der Waals surface area contributed by atoms with Crippen LogP contribution >= 0.6 is 23.8 Å². The topological polar surface area (TPSA) is 93.5 Å². The molecule has 1 rings (SSSR count). The van der Waals surface area contributed by atoms with Gasteiger partial charge in [0.15, 0.2) is 5.11 Å². The number of thiocarbonyl (C=S) groups is 1. The van der Waals surface area contributed by atoms with Crippen LogP contribution in [-0.4, -0.2) is 16.3 Å². The van der Waals surface area contributed by atoms with Gasteiger partial charge < -0.3 is 5.73 Å². The first-order valence-electron chi connectivity index (χ1n) is 4.03. The molecule has 0 fully saturated rings. The summed E-state index contributed by atoms with van der Waals surface area (Å²) in [6, 6.07) is 4.15. The van der Waals surface area contributed by atoms with Crippen molar-refractivity contribution in [2.45, 2.75) is 0 Å². The third-order valence-corrected chi connectivity index (χ3v) is 1.89. The first-order chi connectivity index (χ1) is 7.50. The van der Waals surface area contributed by atoms with Crippen LogP contribution in [0.5, 0.6) is 0 Å². The van der Waals surface area contributed by atoms with Gasteiger partial charge in [0.25, 0.3) is 5.69 Å². The Bertz CT molecular complexity index is 463. The van der Waals surface area contributed by atoms with Crippen LogP contribution < -0.4 is 11.2 Å². The number of nitrogens with two attached hydrogens (primary N) is 1. The molecule has 0 bridgehead atoms. The number of nitrogens with one attached hydrogen (secondary N) is 1. The van der Waals surface area contributed by atoms with Crippen LogP contribution in [0, 0.1) is 10.1 Å². The molecule has 0 unspecified atom stereocenters. The lowest BCUT2D eigenvalue weighted by molar-refractivity contribution is -0.385. The molecule has 0 saturated carbocycles. The molecule has 1 aromatic rings. The van der Waals surface area contributed by atoms with Crippen molar-refractivity contribution in [1.82, 2.24) is 5.43 Å². The molecule has 0 atom stereocenters. The molecule has 3 N–H and O–H groups in total. The Balaban J connectivity index is 3.01. The SMILES string of the molecule is NC(=S)NN=Cc1cc(Cl)ccc1[N+](=O)[O-]. The molecule has 8 heteroatoms. The van der Waals surface area contributed by atoms with Gasteiger partial charge in [-0.25, -0.2) is 0 Å². The van der Waals surface area contributed by atoms with Crippen LogP contribution in [0.3, 0.4) is 0 Å². The number of rotatable bonds is 3. The second-order valence-electron chi connectivity index (χ2n) is 2.69. The number of hydrogen-bond donors (Lipinski definition) is 2. The van der Waals surface area contributed by atoms with Gasteiger partial charge in [-0.15, -0.1) is 0 Å². The van der Waals surface area contributed by atoms with Gasteiger partial charge in [0.1, 0.15) is 0 Å². The Morgan fingerprint density at radius 3 is 2.94 bits per heavy atom. The maximum absolute atomic E-state index is 10.7. The minimum atomic E-state index is -0.529. The van der Waals surface area contributed by atoms with E-state index in [0.717, 1.165) is 0 Å². The smallest absolute Gasteiger partial charge is 0.278 e. The van der Waals surface area contributed by atoms with Crippen molar-refractivity contribution in [2.75, 3.05) is 0 Å². The molecule has 16 heavy (non-hydrogen) atoms. The molecule has 0 amide bonds. The zero-order valence-corrected chi connectivity index (χ0v) is 9.46. The number of nitrogens with zero attached hydrogens (tertiary/aromatic N) is 2. The molecule has 0 aromatic heterocycles. The van der Waals surface area contributed by atoms with E-state index in [0.29, 0.717) is 5.02 Å². The standard InChI is InChI=1S/C8H7ClN4O2S/c9-6-1-2-7(13(14)15)5(3-6)4-11-12-8(10)16/h1-4H,(H3,10,12,16). The van der Waals surface area contributed by atoms with E-state index in [2.05, 4.69) is 22.7 Å². The molecule has 0 spiro atoms. The molecule has 6 nitrogen and oxygen atoms in total. The van der Waals surface area contributed by atoms with E-state index in [1.807, 2.05) is 0 Å². The summed E-state index contributed by atoms with van der Waals surface area (Å²) in [5.74, 6) is 0. The maximum atomic E-state index is 10.7. The largest absolute Gasteiger partial charge is 0.375 e. The van der Waals surface area contributed by atoms with Crippen LogP contribution in [0.2, 0.25) is 5.02 Å². The average Bonchev–Trinajstić information content (AvgIpc) is 2.16. The van der Waals surface area contributed by atoms with Gasteiger partial charge in [0, 0.05) is 11.1 Å². The summed E-state index contributed by atoms with van der Waals surface area (Å²) in [6.07, 6.45) is 1.23. The predicted molar refractivity (Wildman–Crippen MR) is 65.6 cm³/mol. The second-order valence-corrected chi connectivity index (χ2v) is 3.57. The van der Waals surface area contributed by atoms with E-state index >= 15 is 0 Å². The van der Waals surface area contributed by atoms with Gasteiger partial charge in [-0.2, -0.15) is 5.10 Å². The van der Waals surface area contributed by atoms with Crippen LogP contribution in [0.1, 0.15) is 5.56 Å². The fourth-order valence-electron chi connectivity index (χ4n) is 0.960. The van der Waals surface area contributed by atoms with Gasteiger partial charge in [-0.05, 0) is 24.4 Å². The number of nitro groups is 1. The van der Waals surface area contributed by atoms with Crippen molar-refractivity contribution in [3.8, 4) is 0 Å². The van der Waals surface area contributed by atoms with Gasteiger partial charge >= 0.3 is 0 Å². The number of hydrazone groups is 1.